The number of benzene rings is 1. The minimum absolute atomic E-state index is 0.0187. The second-order valence-electron chi connectivity index (χ2n) is 9.39. The lowest BCUT2D eigenvalue weighted by Gasteiger charge is -2.19. The van der Waals surface area contributed by atoms with Gasteiger partial charge in [-0.25, -0.2) is 0 Å². The largest absolute Gasteiger partial charge is 0.491 e. The van der Waals surface area contributed by atoms with Crippen molar-refractivity contribution in [3.05, 3.63) is 64.2 Å². The van der Waals surface area contributed by atoms with Crippen molar-refractivity contribution in [3.63, 3.8) is 0 Å². The number of nitrogens with zero attached hydrogens (tertiary/aromatic N) is 1. The van der Waals surface area contributed by atoms with Crippen molar-refractivity contribution in [1.82, 2.24) is 0 Å². The maximum atomic E-state index is 12.8. The van der Waals surface area contributed by atoms with Crippen LogP contribution in [0.1, 0.15) is 37.7 Å². The van der Waals surface area contributed by atoms with Crippen LogP contribution in [0.5, 0.6) is 5.75 Å². The molecule has 1 aliphatic carbocycles. The molecule has 0 heterocycles. The van der Waals surface area contributed by atoms with Crippen molar-refractivity contribution in [1.29, 1.82) is 0 Å². The molecular formula is C27H36F3NO9S. The third-order valence-corrected chi connectivity index (χ3v) is 7.21. The molecule has 0 bridgehead atoms. The summed E-state index contributed by atoms with van der Waals surface area (Å²) in [6.07, 6.45) is 1.61. The fourth-order valence-electron chi connectivity index (χ4n) is 4.26. The molecule has 3 N–H and O–H groups in total. The summed E-state index contributed by atoms with van der Waals surface area (Å²) in [6, 6.07) is 4.34. The van der Waals surface area contributed by atoms with E-state index >= 15 is 0 Å². The number of hydrogen-bond donors (Lipinski definition) is 3. The Bertz CT molecular complexity index is 1010. The van der Waals surface area contributed by atoms with E-state index in [9.17, 15) is 43.4 Å². The molecule has 0 spiro atoms. The number of unbranched alkanes of at least 4 members (excludes halogenated alkanes) is 1. The fraction of sp³-hybridized carbons (Fsp3) is 0.593. The topological polar surface area (TPSA) is 149 Å². The SMILES string of the molecule is O=C(CCC/C=C\C[C@@H]1[C@@H](/C=C/[C@@H](O)COc2cccc(C(F)(F)F)c2)[C@H](O)C[C@@H]1O)OCCSCCO[N+](=O)[O-]. The number of alkyl halides is 3. The van der Waals surface area contributed by atoms with Crippen molar-refractivity contribution in [3.8, 4) is 5.75 Å². The van der Waals surface area contributed by atoms with Gasteiger partial charge in [-0.15, -0.1) is 10.1 Å². The summed E-state index contributed by atoms with van der Waals surface area (Å²) in [5, 5.41) is 40.1. The summed E-state index contributed by atoms with van der Waals surface area (Å²) in [6.45, 7) is -0.0935. The predicted octanol–water partition coefficient (Wildman–Crippen LogP) is 3.96. The second kappa shape index (κ2) is 17.9. The molecular weight excluding hydrogens is 571 g/mol. The van der Waals surface area contributed by atoms with E-state index < -0.39 is 41.1 Å². The van der Waals surface area contributed by atoms with Crippen LogP contribution in [-0.4, -0.2) is 76.0 Å². The molecule has 230 valence electrons. The quantitative estimate of drug-likeness (QED) is 0.0736. The van der Waals surface area contributed by atoms with Gasteiger partial charge in [0.25, 0.3) is 5.09 Å². The number of aliphatic hydroxyl groups excluding tert-OH is 3. The number of allylic oxidation sites excluding steroid dienone is 2. The smallest absolute Gasteiger partial charge is 0.416 e. The number of aliphatic hydroxyl groups is 3. The van der Waals surface area contributed by atoms with E-state index in [-0.39, 0.29) is 50.3 Å². The van der Waals surface area contributed by atoms with E-state index in [1.54, 1.807) is 6.08 Å². The molecule has 0 unspecified atom stereocenters. The molecule has 14 heteroatoms. The summed E-state index contributed by atoms with van der Waals surface area (Å²) >= 11 is 1.38. The molecule has 2 rings (SSSR count). The Morgan fingerprint density at radius 2 is 1.95 bits per heavy atom. The number of rotatable bonds is 18. The first-order valence-electron chi connectivity index (χ1n) is 13.2. The average Bonchev–Trinajstić information content (AvgIpc) is 3.18. The molecule has 0 aromatic heterocycles. The van der Waals surface area contributed by atoms with Crippen LogP contribution in [0.25, 0.3) is 0 Å². The minimum Gasteiger partial charge on any atom is -0.491 e. The van der Waals surface area contributed by atoms with Crippen molar-refractivity contribution in [2.24, 2.45) is 11.8 Å². The minimum atomic E-state index is -4.51. The highest BCUT2D eigenvalue weighted by atomic mass is 32.2. The monoisotopic (exact) mass is 607 g/mol. The van der Waals surface area contributed by atoms with E-state index in [4.69, 9.17) is 9.47 Å². The highest BCUT2D eigenvalue weighted by Crippen LogP contribution is 2.36. The number of carbonyl (C=O) groups excluding carboxylic acids is 1. The Morgan fingerprint density at radius 3 is 2.68 bits per heavy atom. The zero-order valence-electron chi connectivity index (χ0n) is 22.4. The van der Waals surface area contributed by atoms with Gasteiger partial charge >= 0.3 is 12.1 Å². The highest BCUT2D eigenvalue weighted by Gasteiger charge is 2.39. The Kier molecular flexibility index (Phi) is 15.0. The Balaban J connectivity index is 1.68. The third kappa shape index (κ3) is 13.6. The normalized spacial score (nSPS) is 21.8. The van der Waals surface area contributed by atoms with Gasteiger partial charge in [0.15, 0.2) is 0 Å². The van der Waals surface area contributed by atoms with E-state index in [1.165, 1.54) is 30.0 Å². The van der Waals surface area contributed by atoms with Gasteiger partial charge in [0.05, 0.1) is 17.8 Å². The van der Waals surface area contributed by atoms with Gasteiger partial charge in [-0.3, -0.25) is 4.79 Å². The van der Waals surface area contributed by atoms with Gasteiger partial charge in [-0.2, -0.15) is 24.9 Å². The molecule has 41 heavy (non-hydrogen) atoms. The molecule has 1 aromatic carbocycles. The summed E-state index contributed by atoms with van der Waals surface area (Å²) in [4.78, 5) is 26.0. The number of hydrogen-bond acceptors (Lipinski definition) is 10. The maximum absolute atomic E-state index is 12.8. The van der Waals surface area contributed by atoms with E-state index in [1.807, 2.05) is 12.2 Å². The van der Waals surface area contributed by atoms with Crippen molar-refractivity contribution in [2.45, 2.75) is 56.6 Å². The van der Waals surface area contributed by atoms with Gasteiger partial charge in [-0.1, -0.05) is 30.4 Å². The van der Waals surface area contributed by atoms with Crippen LogP contribution in [0.2, 0.25) is 0 Å². The zero-order valence-corrected chi connectivity index (χ0v) is 23.2. The molecule has 1 aromatic rings. The average molecular weight is 608 g/mol. The van der Waals surface area contributed by atoms with Gasteiger partial charge in [0.2, 0.25) is 0 Å². The number of thioether (sulfide) groups is 1. The maximum Gasteiger partial charge on any atom is 0.416 e. The molecule has 5 atom stereocenters. The van der Waals surface area contributed by atoms with Crippen molar-refractivity contribution in [2.75, 3.05) is 31.3 Å². The van der Waals surface area contributed by atoms with Crippen LogP contribution in [0.15, 0.2) is 48.6 Å². The molecule has 1 fully saturated rings. The molecule has 0 saturated heterocycles. The summed E-state index contributed by atoms with van der Waals surface area (Å²) in [5.41, 5.74) is -0.856. The molecule has 0 aliphatic heterocycles. The lowest BCUT2D eigenvalue weighted by atomic mass is 9.89. The van der Waals surface area contributed by atoms with E-state index in [2.05, 4.69) is 4.84 Å². The Morgan fingerprint density at radius 1 is 1.20 bits per heavy atom. The van der Waals surface area contributed by atoms with E-state index in [0.717, 1.165) is 12.1 Å². The lowest BCUT2D eigenvalue weighted by Crippen LogP contribution is -2.21. The fourth-order valence-corrected chi connectivity index (χ4v) is 4.85. The van der Waals surface area contributed by atoms with Crippen LogP contribution in [0.4, 0.5) is 13.2 Å². The van der Waals surface area contributed by atoms with Crippen LogP contribution in [-0.2, 0) is 20.5 Å². The van der Waals surface area contributed by atoms with Gasteiger partial charge in [-0.05, 0) is 43.4 Å². The number of ether oxygens (including phenoxy) is 2. The first-order chi connectivity index (χ1) is 19.5. The lowest BCUT2D eigenvalue weighted by molar-refractivity contribution is -0.756. The molecule has 1 saturated carbocycles. The second-order valence-corrected chi connectivity index (χ2v) is 10.6. The standard InChI is InChI=1S/C27H36F3NO9S/c28-27(29,30)19-6-5-7-21(16-19)39-18-20(32)10-11-23-22(24(33)17-25(23)34)8-3-1-2-4-9-26(35)38-12-14-41-15-13-40-31(36)37/h1,3,5-7,10-11,16,20,22-25,32-34H,2,4,8-9,12-15,17-18H2/b3-1-,11-10+/t20-,22-,23-,24+,25-/m1/s1. The number of carbonyl (C=O) groups is 1. The summed E-state index contributed by atoms with van der Waals surface area (Å²) < 4.78 is 48.9. The zero-order chi connectivity index (χ0) is 30.3. The van der Waals surface area contributed by atoms with Gasteiger partial charge < -0.3 is 29.6 Å². The molecule has 10 nitrogen and oxygen atoms in total. The first-order valence-corrected chi connectivity index (χ1v) is 14.3. The molecule has 0 radical (unpaired) electrons. The van der Waals surface area contributed by atoms with Crippen LogP contribution < -0.4 is 4.74 Å². The van der Waals surface area contributed by atoms with Crippen molar-refractivity contribution < 1.29 is 52.7 Å². The molecule has 0 amide bonds. The number of esters is 1. The predicted molar refractivity (Wildman–Crippen MR) is 145 cm³/mol. The van der Waals surface area contributed by atoms with Crippen LogP contribution >= 0.6 is 11.8 Å². The Hall–Kier alpha value is -2.81. The summed E-state index contributed by atoms with van der Waals surface area (Å²) in [7, 11) is 0. The number of halogens is 3. The van der Waals surface area contributed by atoms with Gasteiger partial charge in [0.1, 0.15) is 31.7 Å². The summed E-state index contributed by atoms with van der Waals surface area (Å²) in [5.74, 6) is -0.167. The first kappa shape index (κ1) is 34.4. The van der Waals surface area contributed by atoms with E-state index in [0.29, 0.717) is 30.8 Å². The van der Waals surface area contributed by atoms with Crippen LogP contribution in [0.3, 0.4) is 0 Å². The van der Waals surface area contributed by atoms with Gasteiger partial charge in [0, 0.05) is 30.3 Å². The Labute approximate surface area is 240 Å². The molecule has 1 aliphatic rings. The van der Waals surface area contributed by atoms with Crippen molar-refractivity contribution >= 4 is 17.7 Å². The van der Waals surface area contributed by atoms with Crippen LogP contribution in [0, 0.1) is 22.0 Å². The third-order valence-electron chi connectivity index (χ3n) is 6.30. The highest BCUT2D eigenvalue weighted by molar-refractivity contribution is 7.99.